The van der Waals surface area contributed by atoms with Crippen molar-refractivity contribution in [2.45, 2.75) is 6.04 Å². The minimum absolute atomic E-state index is 0.0417. The molecule has 5 heteroatoms. The van der Waals surface area contributed by atoms with Gasteiger partial charge < -0.3 is 5.73 Å². The average Bonchev–Trinajstić information content (AvgIpc) is 2.17. The van der Waals surface area contributed by atoms with Gasteiger partial charge in [-0.25, -0.2) is 0 Å². The first-order valence-electron chi connectivity index (χ1n) is 3.63. The molecule has 0 saturated heterocycles. The highest BCUT2D eigenvalue weighted by Gasteiger charge is 2.07. The van der Waals surface area contributed by atoms with Crippen molar-refractivity contribution in [2.24, 2.45) is 5.73 Å². The van der Waals surface area contributed by atoms with E-state index in [9.17, 15) is 10.1 Å². The lowest BCUT2D eigenvalue weighted by Crippen LogP contribution is -2.08. The second-order valence-electron chi connectivity index (χ2n) is 2.46. The van der Waals surface area contributed by atoms with E-state index in [1.165, 1.54) is 24.4 Å². The number of rotatable bonds is 3. The Morgan fingerprint density at radius 1 is 1.69 bits per heavy atom. The minimum atomic E-state index is -0.504. The van der Waals surface area contributed by atoms with E-state index in [4.69, 9.17) is 5.73 Å². The first-order valence-corrected chi connectivity index (χ1v) is 3.63. The van der Waals surface area contributed by atoms with Gasteiger partial charge >= 0.3 is 0 Å². The fourth-order valence-corrected chi connectivity index (χ4v) is 0.823. The Morgan fingerprint density at radius 3 is 2.77 bits per heavy atom. The average molecular weight is 179 g/mol. The largest absolute Gasteiger partial charge is 0.319 e. The quantitative estimate of drug-likeness (QED) is 0.429. The summed E-state index contributed by atoms with van der Waals surface area (Å²) in [5.41, 5.74) is 6.10. The number of aromatic nitrogens is 1. The van der Waals surface area contributed by atoms with Crippen LogP contribution in [0.3, 0.4) is 0 Å². The lowest BCUT2D eigenvalue weighted by molar-refractivity contribution is -0.385. The van der Waals surface area contributed by atoms with Crippen LogP contribution in [-0.2, 0) is 0 Å². The molecule has 0 saturated carbocycles. The van der Waals surface area contributed by atoms with Gasteiger partial charge in [-0.2, -0.15) is 0 Å². The van der Waals surface area contributed by atoms with Gasteiger partial charge in [0.25, 0.3) is 5.69 Å². The first-order chi connectivity index (χ1) is 6.15. The van der Waals surface area contributed by atoms with Crippen LogP contribution in [-0.4, -0.2) is 9.91 Å². The van der Waals surface area contributed by atoms with E-state index < -0.39 is 4.92 Å². The van der Waals surface area contributed by atoms with E-state index >= 15 is 0 Å². The molecule has 0 aliphatic carbocycles. The predicted molar refractivity (Wildman–Crippen MR) is 48.0 cm³/mol. The summed E-state index contributed by atoms with van der Waals surface area (Å²) in [5, 5.41) is 10.3. The smallest absolute Gasteiger partial charge is 0.287 e. The monoisotopic (exact) mass is 179 g/mol. The number of hydrogen-bond donors (Lipinski definition) is 1. The second-order valence-corrected chi connectivity index (χ2v) is 2.46. The molecular formula is C8H9N3O2. The van der Waals surface area contributed by atoms with Gasteiger partial charge in [0.05, 0.1) is 16.7 Å². The van der Waals surface area contributed by atoms with E-state index in [2.05, 4.69) is 11.6 Å². The Morgan fingerprint density at radius 2 is 2.38 bits per heavy atom. The van der Waals surface area contributed by atoms with Gasteiger partial charge in [-0.3, -0.25) is 15.1 Å². The van der Waals surface area contributed by atoms with Gasteiger partial charge in [-0.05, 0) is 6.07 Å². The lowest BCUT2D eigenvalue weighted by atomic mass is 10.2. The normalized spacial score (nSPS) is 12.1. The van der Waals surface area contributed by atoms with Crippen LogP contribution in [0, 0.1) is 10.1 Å². The van der Waals surface area contributed by atoms with Crippen LogP contribution in [0.4, 0.5) is 5.69 Å². The third-order valence-electron chi connectivity index (χ3n) is 1.58. The summed E-state index contributed by atoms with van der Waals surface area (Å²) in [6.07, 6.45) is 2.70. The fourth-order valence-electron chi connectivity index (χ4n) is 0.823. The zero-order valence-corrected chi connectivity index (χ0v) is 6.88. The molecule has 0 spiro atoms. The van der Waals surface area contributed by atoms with Crippen molar-refractivity contribution in [1.29, 1.82) is 0 Å². The summed E-state index contributed by atoms with van der Waals surface area (Å²) in [7, 11) is 0. The van der Waals surface area contributed by atoms with Crippen LogP contribution in [0.2, 0.25) is 0 Å². The molecule has 5 nitrogen and oxygen atoms in total. The van der Waals surface area contributed by atoms with Gasteiger partial charge in [0.1, 0.15) is 6.20 Å². The van der Waals surface area contributed by atoms with Crippen LogP contribution in [0.1, 0.15) is 11.7 Å². The molecule has 0 fully saturated rings. The third kappa shape index (κ3) is 2.09. The van der Waals surface area contributed by atoms with Crippen molar-refractivity contribution in [1.82, 2.24) is 4.98 Å². The van der Waals surface area contributed by atoms with Crippen molar-refractivity contribution < 1.29 is 4.92 Å². The zero-order valence-electron chi connectivity index (χ0n) is 6.88. The Labute approximate surface area is 75.0 Å². The highest BCUT2D eigenvalue weighted by atomic mass is 16.6. The maximum atomic E-state index is 10.3. The zero-order chi connectivity index (χ0) is 9.84. The van der Waals surface area contributed by atoms with Gasteiger partial charge in [-0.15, -0.1) is 6.58 Å². The molecule has 1 aromatic rings. The molecule has 0 aromatic carbocycles. The molecule has 0 unspecified atom stereocenters. The summed E-state index contributed by atoms with van der Waals surface area (Å²) in [6, 6.07) is 2.51. The van der Waals surface area contributed by atoms with Crippen molar-refractivity contribution in [2.75, 3.05) is 0 Å². The predicted octanol–water partition coefficient (Wildman–Crippen LogP) is 1.18. The third-order valence-corrected chi connectivity index (χ3v) is 1.58. The van der Waals surface area contributed by atoms with Gasteiger partial charge in [0.15, 0.2) is 0 Å². The van der Waals surface area contributed by atoms with Crippen LogP contribution in [0.25, 0.3) is 0 Å². The molecular weight excluding hydrogens is 170 g/mol. The van der Waals surface area contributed by atoms with E-state index in [0.717, 1.165) is 0 Å². The summed E-state index contributed by atoms with van der Waals surface area (Å²) in [6.45, 7) is 3.50. The summed E-state index contributed by atoms with van der Waals surface area (Å²) in [5.74, 6) is 0. The molecule has 0 bridgehead atoms. The molecule has 2 N–H and O–H groups in total. The SMILES string of the molecule is C=C[C@H](N)c1ccc([N+](=O)[O-])cn1. The van der Waals surface area contributed by atoms with E-state index in [1.54, 1.807) is 0 Å². The molecule has 68 valence electrons. The van der Waals surface area contributed by atoms with Gasteiger partial charge in [0.2, 0.25) is 0 Å². The number of nitrogens with zero attached hydrogens (tertiary/aromatic N) is 2. The topological polar surface area (TPSA) is 82.0 Å². The number of nitro groups is 1. The summed E-state index contributed by atoms with van der Waals surface area (Å²) in [4.78, 5) is 13.6. The minimum Gasteiger partial charge on any atom is -0.319 e. The van der Waals surface area contributed by atoms with Crippen LogP contribution >= 0.6 is 0 Å². The number of hydrogen-bond acceptors (Lipinski definition) is 4. The Hall–Kier alpha value is -1.75. The number of pyridine rings is 1. The van der Waals surface area contributed by atoms with Crippen molar-refractivity contribution >= 4 is 5.69 Å². The fraction of sp³-hybridized carbons (Fsp3) is 0.125. The van der Waals surface area contributed by atoms with Gasteiger partial charge in [-0.1, -0.05) is 6.08 Å². The Kier molecular flexibility index (Phi) is 2.71. The van der Waals surface area contributed by atoms with Gasteiger partial charge in [0, 0.05) is 6.07 Å². The van der Waals surface area contributed by atoms with Crippen molar-refractivity contribution in [3.05, 3.63) is 46.8 Å². The van der Waals surface area contributed by atoms with Crippen LogP contribution in [0.15, 0.2) is 31.0 Å². The van der Waals surface area contributed by atoms with Crippen LogP contribution < -0.4 is 5.73 Å². The maximum Gasteiger partial charge on any atom is 0.287 e. The molecule has 1 heterocycles. The Balaban J connectivity index is 2.93. The second kappa shape index (κ2) is 3.77. The maximum absolute atomic E-state index is 10.3. The molecule has 1 aromatic heterocycles. The molecule has 0 aliphatic rings. The lowest BCUT2D eigenvalue weighted by Gasteiger charge is -2.03. The molecule has 1 atom stereocenters. The molecule has 13 heavy (non-hydrogen) atoms. The molecule has 1 rings (SSSR count). The van der Waals surface area contributed by atoms with Crippen LogP contribution in [0.5, 0.6) is 0 Å². The van der Waals surface area contributed by atoms with Crippen molar-refractivity contribution in [3.8, 4) is 0 Å². The highest BCUT2D eigenvalue weighted by Crippen LogP contribution is 2.12. The summed E-state index contributed by atoms with van der Waals surface area (Å²) >= 11 is 0. The van der Waals surface area contributed by atoms with E-state index in [0.29, 0.717) is 5.69 Å². The molecule has 0 aliphatic heterocycles. The van der Waals surface area contributed by atoms with E-state index in [1.807, 2.05) is 0 Å². The summed E-state index contributed by atoms with van der Waals surface area (Å²) < 4.78 is 0. The van der Waals surface area contributed by atoms with E-state index in [-0.39, 0.29) is 11.7 Å². The highest BCUT2D eigenvalue weighted by molar-refractivity contribution is 5.28. The first kappa shape index (κ1) is 9.34. The molecule has 0 amide bonds. The standard InChI is InChI=1S/C8H9N3O2/c1-2-7(9)8-4-3-6(5-10-8)11(12)13/h2-5,7H,1,9H2/t7-/m0/s1. The Bertz CT molecular complexity index is 321. The number of nitrogens with two attached hydrogens (primary N) is 1. The molecule has 0 radical (unpaired) electrons. The van der Waals surface area contributed by atoms with Crippen molar-refractivity contribution in [3.63, 3.8) is 0 Å².